The number of guanidine groups is 1. The Kier molecular flexibility index (Phi) is 5.32. The minimum Gasteiger partial charge on any atom is -0.478 e. The second-order valence-corrected chi connectivity index (χ2v) is 3.16. The minimum absolute atomic E-state index is 0. The molecule has 5 nitrogen and oxygen atoms in total. The van der Waals surface area contributed by atoms with Crippen LogP contribution in [-0.2, 0) is 0 Å². The lowest BCUT2D eigenvalue weighted by Crippen LogP contribution is -2.23. The molecule has 1 atom stereocenters. The second-order valence-electron chi connectivity index (χ2n) is 3.16. The number of hydrogen-bond acceptors (Lipinski definition) is 2. The van der Waals surface area contributed by atoms with Gasteiger partial charge in [0.1, 0.15) is 0 Å². The number of aromatic carboxylic acids is 1. The smallest absolute Gasteiger partial charge is 0.335 e. The fourth-order valence-electron chi connectivity index (χ4n) is 1.20. The molecule has 0 aromatic heterocycles. The lowest BCUT2D eigenvalue weighted by atomic mass is 10.1. The zero-order valence-electron chi connectivity index (χ0n) is 8.75. The van der Waals surface area contributed by atoms with E-state index in [4.69, 9.17) is 16.6 Å². The van der Waals surface area contributed by atoms with Gasteiger partial charge < -0.3 is 16.6 Å². The number of carboxylic acids is 1. The van der Waals surface area contributed by atoms with Gasteiger partial charge in [0.25, 0.3) is 0 Å². The van der Waals surface area contributed by atoms with Crippen molar-refractivity contribution >= 4 is 24.3 Å². The summed E-state index contributed by atoms with van der Waals surface area (Å²) in [6.45, 7) is 1.83. The number of nitrogens with zero attached hydrogens (tertiary/aromatic N) is 1. The molecule has 6 heteroatoms. The zero-order valence-corrected chi connectivity index (χ0v) is 9.57. The Bertz CT molecular complexity index is 386. The fraction of sp³-hybridized carbons (Fsp3) is 0.200. The normalized spacial score (nSPS) is 11.1. The molecule has 0 bridgehead atoms. The molecule has 1 rings (SSSR count). The summed E-state index contributed by atoms with van der Waals surface area (Å²) in [7, 11) is 0. The summed E-state index contributed by atoms with van der Waals surface area (Å²) in [5.74, 6) is -0.930. The molecule has 0 heterocycles. The topological polar surface area (TPSA) is 102 Å². The van der Waals surface area contributed by atoms with Gasteiger partial charge in [0.05, 0.1) is 11.6 Å². The third kappa shape index (κ3) is 3.78. The Hall–Kier alpha value is -1.75. The highest BCUT2D eigenvalue weighted by Crippen LogP contribution is 2.16. The molecular formula is C10H14ClN3O2. The molecule has 0 aliphatic rings. The van der Waals surface area contributed by atoms with E-state index in [2.05, 4.69) is 4.99 Å². The number of carbonyl (C=O) groups is 1. The van der Waals surface area contributed by atoms with Crippen molar-refractivity contribution in [1.29, 1.82) is 0 Å². The Morgan fingerprint density at radius 1 is 1.31 bits per heavy atom. The molecule has 0 aliphatic carbocycles. The highest BCUT2D eigenvalue weighted by Gasteiger charge is 2.06. The Morgan fingerprint density at radius 3 is 2.19 bits per heavy atom. The Labute approximate surface area is 99.6 Å². The number of nitrogens with two attached hydrogens (primary N) is 2. The first kappa shape index (κ1) is 14.2. The van der Waals surface area contributed by atoms with Crippen molar-refractivity contribution in [3.8, 4) is 0 Å². The van der Waals surface area contributed by atoms with E-state index in [9.17, 15) is 4.79 Å². The van der Waals surface area contributed by atoms with E-state index in [1.165, 1.54) is 12.1 Å². The van der Waals surface area contributed by atoms with Crippen LogP contribution < -0.4 is 11.5 Å². The third-order valence-electron chi connectivity index (χ3n) is 1.98. The monoisotopic (exact) mass is 243 g/mol. The van der Waals surface area contributed by atoms with Crippen molar-refractivity contribution in [2.24, 2.45) is 16.5 Å². The number of halogens is 1. The maximum atomic E-state index is 10.6. The van der Waals surface area contributed by atoms with Gasteiger partial charge >= 0.3 is 5.97 Å². The summed E-state index contributed by atoms with van der Waals surface area (Å²) in [5, 5.41) is 8.69. The number of aliphatic imine (C=N–C) groups is 1. The van der Waals surface area contributed by atoms with Gasteiger partial charge in [0.2, 0.25) is 0 Å². The van der Waals surface area contributed by atoms with E-state index in [1.54, 1.807) is 12.1 Å². The predicted molar refractivity (Wildman–Crippen MR) is 64.9 cm³/mol. The van der Waals surface area contributed by atoms with Crippen LogP contribution in [-0.4, -0.2) is 17.0 Å². The number of carboxylic acid groups (broad SMARTS) is 1. The maximum absolute atomic E-state index is 10.6. The van der Waals surface area contributed by atoms with Crippen LogP contribution in [0.3, 0.4) is 0 Å². The van der Waals surface area contributed by atoms with Crippen LogP contribution >= 0.6 is 12.4 Å². The lowest BCUT2D eigenvalue weighted by molar-refractivity contribution is 0.0697. The SMILES string of the molecule is CC(N=C(N)N)c1ccc(C(=O)O)cc1.Cl. The van der Waals surface area contributed by atoms with Crippen LogP contribution in [0.4, 0.5) is 0 Å². The van der Waals surface area contributed by atoms with Gasteiger partial charge in [-0.3, -0.25) is 0 Å². The van der Waals surface area contributed by atoms with Crippen LogP contribution in [0.15, 0.2) is 29.3 Å². The van der Waals surface area contributed by atoms with E-state index in [0.717, 1.165) is 5.56 Å². The second kappa shape index (κ2) is 5.97. The molecule has 1 aromatic carbocycles. The first-order valence-electron chi connectivity index (χ1n) is 4.42. The Balaban J connectivity index is 0.00000225. The largest absolute Gasteiger partial charge is 0.478 e. The molecular weight excluding hydrogens is 230 g/mol. The van der Waals surface area contributed by atoms with Crippen LogP contribution in [0, 0.1) is 0 Å². The van der Waals surface area contributed by atoms with Gasteiger partial charge in [-0.2, -0.15) is 0 Å². The average molecular weight is 244 g/mol. The number of benzene rings is 1. The first-order valence-corrected chi connectivity index (χ1v) is 4.42. The van der Waals surface area contributed by atoms with Crippen LogP contribution in [0.2, 0.25) is 0 Å². The van der Waals surface area contributed by atoms with E-state index in [1.807, 2.05) is 6.92 Å². The molecule has 0 saturated carbocycles. The molecule has 16 heavy (non-hydrogen) atoms. The molecule has 0 saturated heterocycles. The van der Waals surface area contributed by atoms with Gasteiger partial charge in [-0.05, 0) is 24.6 Å². The molecule has 0 amide bonds. The molecule has 5 N–H and O–H groups in total. The number of rotatable bonds is 3. The average Bonchev–Trinajstić information content (AvgIpc) is 2.17. The van der Waals surface area contributed by atoms with Crippen molar-refractivity contribution in [1.82, 2.24) is 0 Å². The summed E-state index contributed by atoms with van der Waals surface area (Å²) in [4.78, 5) is 14.5. The molecule has 88 valence electrons. The fourth-order valence-corrected chi connectivity index (χ4v) is 1.20. The number of hydrogen-bond donors (Lipinski definition) is 3. The van der Waals surface area contributed by atoms with Crippen molar-refractivity contribution in [3.05, 3.63) is 35.4 Å². The summed E-state index contributed by atoms with van der Waals surface area (Å²) >= 11 is 0. The lowest BCUT2D eigenvalue weighted by Gasteiger charge is -2.07. The van der Waals surface area contributed by atoms with Crippen molar-refractivity contribution < 1.29 is 9.90 Å². The molecule has 1 unspecified atom stereocenters. The highest BCUT2D eigenvalue weighted by molar-refractivity contribution is 5.87. The third-order valence-corrected chi connectivity index (χ3v) is 1.98. The van der Waals surface area contributed by atoms with Crippen molar-refractivity contribution in [2.45, 2.75) is 13.0 Å². The Morgan fingerprint density at radius 2 is 1.81 bits per heavy atom. The quantitative estimate of drug-likeness (QED) is 0.547. The first-order chi connectivity index (χ1) is 7.00. The van der Waals surface area contributed by atoms with Gasteiger partial charge in [-0.25, -0.2) is 9.79 Å². The maximum Gasteiger partial charge on any atom is 0.335 e. The van der Waals surface area contributed by atoms with E-state index in [-0.39, 0.29) is 30.0 Å². The summed E-state index contributed by atoms with van der Waals surface area (Å²) in [5.41, 5.74) is 11.6. The van der Waals surface area contributed by atoms with E-state index in [0.29, 0.717) is 0 Å². The van der Waals surface area contributed by atoms with Gasteiger partial charge in [0, 0.05) is 0 Å². The van der Waals surface area contributed by atoms with Crippen LogP contribution in [0.25, 0.3) is 0 Å². The van der Waals surface area contributed by atoms with Crippen molar-refractivity contribution in [2.75, 3.05) is 0 Å². The van der Waals surface area contributed by atoms with Crippen molar-refractivity contribution in [3.63, 3.8) is 0 Å². The zero-order chi connectivity index (χ0) is 11.4. The molecule has 1 aromatic rings. The van der Waals surface area contributed by atoms with Gasteiger partial charge in [0.15, 0.2) is 5.96 Å². The van der Waals surface area contributed by atoms with Crippen LogP contribution in [0.5, 0.6) is 0 Å². The van der Waals surface area contributed by atoms with E-state index >= 15 is 0 Å². The standard InChI is InChI=1S/C10H13N3O2.ClH/c1-6(13-10(11)12)7-2-4-8(5-3-7)9(14)15;/h2-6H,1H3,(H,14,15)(H4,11,12,13);1H. The summed E-state index contributed by atoms with van der Waals surface area (Å²) in [6, 6.07) is 6.27. The molecule has 0 radical (unpaired) electrons. The molecule has 0 fully saturated rings. The molecule has 0 spiro atoms. The van der Waals surface area contributed by atoms with Gasteiger partial charge in [-0.15, -0.1) is 12.4 Å². The van der Waals surface area contributed by atoms with Crippen LogP contribution in [0.1, 0.15) is 28.9 Å². The van der Waals surface area contributed by atoms with E-state index < -0.39 is 5.97 Å². The predicted octanol–water partition coefficient (Wildman–Crippen LogP) is 1.14. The minimum atomic E-state index is -0.948. The van der Waals surface area contributed by atoms with Gasteiger partial charge in [-0.1, -0.05) is 12.1 Å². The highest BCUT2D eigenvalue weighted by atomic mass is 35.5. The summed E-state index contributed by atoms with van der Waals surface area (Å²) in [6.07, 6.45) is 0. The summed E-state index contributed by atoms with van der Waals surface area (Å²) < 4.78 is 0. The molecule has 0 aliphatic heterocycles.